The lowest BCUT2D eigenvalue weighted by atomic mass is 10.1. The average molecular weight is 224 g/mol. The van der Waals surface area contributed by atoms with Gasteiger partial charge in [0.1, 0.15) is 0 Å². The number of hydrogen-bond donors (Lipinski definition) is 4. The number of thiazole rings is 1. The number of hydrogen-bond acceptors (Lipinski definition) is 6. The van der Waals surface area contributed by atoms with Crippen LogP contribution in [-0.2, 0) is 0 Å². The van der Waals surface area contributed by atoms with E-state index in [0.29, 0.717) is 16.4 Å². The summed E-state index contributed by atoms with van der Waals surface area (Å²) in [6.45, 7) is 0. The molecule has 0 saturated carbocycles. The summed E-state index contributed by atoms with van der Waals surface area (Å²) in [6.07, 6.45) is 0. The summed E-state index contributed by atoms with van der Waals surface area (Å²) < 4.78 is 0. The maximum atomic E-state index is 9.55. The largest absolute Gasteiger partial charge is 0.504 e. The number of rotatable bonds is 1. The third-order valence-electron chi connectivity index (χ3n) is 1.93. The summed E-state index contributed by atoms with van der Waals surface area (Å²) in [4.78, 5) is 3.96. The molecule has 0 bridgehead atoms. The number of phenolic OH excluding ortho intramolecular Hbond substituents is 3. The van der Waals surface area contributed by atoms with Gasteiger partial charge in [0.15, 0.2) is 16.6 Å². The van der Waals surface area contributed by atoms with Crippen molar-refractivity contribution in [3.05, 3.63) is 17.5 Å². The Labute approximate surface area is 89.1 Å². The normalized spacial score (nSPS) is 10.4. The van der Waals surface area contributed by atoms with Crippen molar-refractivity contribution in [1.82, 2.24) is 4.98 Å². The first-order valence-electron chi connectivity index (χ1n) is 4.05. The first-order chi connectivity index (χ1) is 7.09. The quantitative estimate of drug-likeness (QED) is 0.550. The second kappa shape index (κ2) is 3.32. The van der Waals surface area contributed by atoms with Gasteiger partial charge < -0.3 is 21.1 Å². The smallest absolute Gasteiger partial charge is 0.200 e. The van der Waals surface area contributed by atoms with Crippen LogP contribution < -0.4 is 5.73 Å². The van der Waals surface area contributed by atoms with E-state index in [4.69, 9.17) is 10.8 Å². The number of phenols is 3. The van der Waals surface area contributed by atoms with Crippen molar-refractivity contribution >= 4 is 16.5 Å². The highest BCUT2D eigenvalue weighted by Crippen LogP contribution is 2.42. The van der Waals surface area contributed by atoms with E-state index in [1.165, 1.54) is 23.5 Å². The van der Waals surface area contributed by atoms with Gasteiger partial charge in [0.2, 0.25) is 5.75 Å². The van der Waals surface area contributed by atoms with Gasteiger partial charge in [-0.2, -0.15) is 0 Å². The first-order valence-corrected chi connectivity index (χ1v) is 4.93. The van der Waals surface area contributed by atoms with Gasteiger partial charge in [0, 0.05) is 10.9 Å². The minimum atomic E-state index is -0.556. The van der Waals surface area contributed by atoms with Crippen molar-refractivity contribution in [2.45, 2.75) is 0 Å². The minimum absolute atomic E-state index is 0.332. The minimum Gasteiger partial charge on any atom is -0.504 e. The number of benzene rings is 1. The topological polar surface area (TPSA) is 99.6 Å². The van der Waals surface area contributed by atoms with E-state index in [9.17, 15) is 10.2 Å². The summed E-state index contributed by atoms with van der Waals surface area (Å²) in [6, 6.07) is 2.73. The molecule has 0 aliphatic carbocycles. The molecule has 15 heavy (non-hydrogen) atoms. The van der Waals surface area contributed by atoms with Crippen LogP contribution in [0.15, 0.2) is 17.5 Å². The predicted molar refractivity (Wildman–Crippen MR) is 57.0 cm³/mol. The fourth-order valence-electron chi connectivity index (χ4n) is 1.19. The number of aromatic nitrogens is 1. The Hall–Kier alpha value is -1.95. The standard InChI is InChI=1S/C9H8N2O3S/c10-9-11-5(3-15-9)4-1-2-6(12)8(14)7(4)13/h1-3,12-14H,(H2,10,11). The molecule has 6 heteroatoms. The molecule has 0 unspecified atom stereocenters. The highest BCUT2D eigenvalue weighted by molar-refractivity contribution is 7.13. The highest BCUT2D eigenvalue weighted by Gasteiger charge is 2.14. The molecule has 0 spiro atoms. The molecule has 5 N–H and O–H groups in total. The molecule has 0 saturated heterocycles. The van der Waals surface area contributed by atoms with Crippen molar-refractivity contribution in [2.75, 3.05) is 5.73 Å². The number of nitrogens with zero attached hydrogens (tertiary/aromatic N) is 1. The Morgan fingerprint density at radius 3 is 2.47 bits per heavy atom. The average Bonchev–Trinajstić information content (AvgIpc) is 2.61. The second-order valence-corrected chi connectivity index (χ2v) is 3.79. The van der Waals surface area contributed by atoms with E-state index in [2.05, 4.69) is 4.98 Å². The molecule has 0 aliphatic rings. The number of anilines is 1. The lowest BCUT2D eigenvalue weighted by molar-refractivity contribution is 0.369. The number of nitrogens with two attached hydrogens (primary N) is 1. The van der Waals surface area contributed by atoms with E-state index in [1.807, 2.05) is 0 Å². The molecule has 0 radical (unpaired) electrons. The lowest BCUT2D eigenvalue weighted by Crippen LogP contribution is -1.84. The van der Waals surface area contributed by atoms with Crippen LogP contribution in [-0.4, -0.2) is 20.3 Å². The summed E-state index contributed by atoms with van der Waals surface area (Å²) in [5.41, 5.74) is 6.24. The van der Waals surface area contributed by atoms with Crippen molar-refractivity contribution < 1.29 is 15.3 Å². The molecule has 0 amide bonds. The van der Waals surface area contributed by atoms with Crippen molar-refractivity contribution in [3.8, 4) is 28.5 Å². The van der Waals surface area contributed by atoms with Crippen LogP contribution >= 0.6 is 11.3 Å². The molecular formula is C9H8N2O3S. The molecule has 1 heterocycles. The predicted octanol–water partition coefficient (Wildman–Crippen LogP) is 1.51. The number of nitrogen functional groups attached to an aromatic ring is 1. The molecule has 1 aromatic heterocycles. The van der Waals surface area contributed by atoms with Gasteiger partial charge in [-0.05, 0) is 12.1 Å². The van der Waals surface area contributed by atoms with E-state index in [0.717, 1.165) is 0 Å². The Morgan fingerprint density at radius 1 is 1.13 bits per heavy atom. The number of aromatic hydroxyl groups is 3. The molecular weight excluding hydrogens is 216 g/mol. The van der Waals surface area contributed by atoms with E-state index < -0.39 is 11.5 Å². The Balaban J connectivity index is 2.59. The molecule has 5 nitrogen and oxygen atoms in total. The van der Waals surface area contributed by atoms with Gasteiger partial charge in [0.05, 0.1) is 5.69 Å². The van der Waals surface area contributed by atoms with Gasteiger partial charge in [0.25, 0.3) is 0 Å². The molecule has 0 atom stereocenters. The highest BCUT2D eigenvalue weighted by atomic mass is 32.1. The summed E-state index contributed by atoms with van der Waals surface area (Å²) in [5, 5.41) is 30.0. The van der Waals surface area contributed by atoms with Gasteiger partial charge in [-0.15, -0.1) is 11.3 Å². The van der Waals surface area contributed by atoms with Gasteiger partial charge in [-0.1, -0.05) is 0 Å². The zero-order valence-corrected chi connectivity index (χ0v) is 8.32. The third-order valence-corrected chi connectivity index (χ3v) is 2.60. The fourth-order valence-corrected chi connectivity index (χ4v) is 1.75. The van der Waals surface area contributed by atoms with Crippen molar-refractivity contribution in [3.63, 3.8) is 0 Å². The van der Waals surface area contributed by atoms with Crippen molar-refractivity contribution in [2.24, 2.45) is 0 Å². The van der Waals surface area contributed by atoms with Crippen LogP contribution in [0.5, 0.6) is 17.2 Å². The Morgan fingerprint density at radius 2 is 1.87 bits per heavy atom. The van der Waals surface area contributed by atoms with Crippen LogP contribution in [0.1, 0.15) is 0 Å². The molecule has 78 valence electrons. The maximum absolute atomic E-state index is 9.55. The SMILES string of the molecule is Nc1nc(-c2ccc(O)c(O)c2O)cs1. The molecule has 0 fully saturated rings. The van der Waals surface area contributed by atoms with E-state index >= 15 is 0 Å². The monoisotopic (exact) mass is 224 g/mol. The van der Waals surface area contributed by atoms with Crippen LogP contribution in [0.4, 0.5) is 5.13 Å². The van der Waals surface area contributed by atoms with E-state index in [-0.39, 0.29) is 5.75 Å². The maximum Gasteiger partial charge on any atom is 0.200 e. The van der Waals surface area contributed by atoms with Crippen LogP contribution in [0.2, 0.25) is 0 Å². The van der Waals surface area contributed by atoms with E-state index in [1.54, 1.807) is 5.38 Å². The lowest BCUT2D eigenvalue weighted by Gasteiger charge is -2.04. The van der Waals surface area contributed by atoms with Crippen molar-refractivity contribution in [1.29, 1.82) is 0 Å². The summed E-state index contributed by atoms with van der Waals surface area (Å²) in [7, 11) is 0. The zero-order valence-electron chi connectivity index (χ0n) is 7.51. The molecule has 1 aromatic carbocycles. The second-order valence-electron chi connectivity index (χ2n) is 2.90. The van der Waals surface area contributed by atoms with Crippen LogP contribution in [0, 0.1) is 0 Å². The van der Waals surface area contributed by atoms with Crippen LogP contribution in [0.25, 0.3) is 11.3 Å². The third kappa shape index (κ3) is 1.55. The van der Waals surface area contributed by atoms with Crippen LogP contribution in [0.3, 0.4) is 0 Å². The fraction of sp³-hybridized carbons (Fsp3) is 0. The molecule has 2 aromatic rings. The molecule has 0 aliphatic heterocycles. The molecule has 2 rings (SSSR count). The summed E-state index contributed by atoms with van der Waals surface area (Å²) >= 11 is 1.23. The zero-order chi connectivity index (χ0) is 11.0. The van der Waals surface area contributed by atoms with Gasteiger partial charge in [-0.3, -0.25) is 0 Å². The van der Waals surface area contributed by atoms with Gasteiger partial charge in [-0.25, -0.2) is 4.98 Å². The van der Waals surface area contributed by atoms with Gasteiger partial charge >= 0.3 is 0 Å². The Bertz CT molecular complexity index is 510. The first kappa shape index (κ1) is 9.60. The summed E-state index contributed by atoms with van der Waals surface area (Å²) in [5.74, 6) is -1.33. The Kier molecular flexibility index (Phi) is 2.12.